The van der Waals surface area contributed by atoms with Crippen molar-refractivity contribution in [3.05, 3.63) is 59.7 Å². The van der Waals surface area contributed by atoms with Gasteiger partial charge in [-0.25, -0.2) is 9.59 Å². The van der Waals surface area contributed by atoms with Crippen LogP contribution in [0.3, 0.4) is 0 Å². The number of carbonyl (C=O) groups is 2. The lowest BCUT2D eigenvalue weighted by molar-refractivity contribution is -0.157. The maximum absolute atomic E-state index is 12.4. The van der Waals surface area contributed by atoms with Crippen LogP contribution in [0.4, 0.5) is 4.79 Å². The molecule has 5 nitrogen and oxygen atoms in total. The summed E-state index contributed by atoms with van der Waals surface area (Å²) >= 11 is 0. The van der Waals surface area contributed by atoms with Crippen LogP contribution in [-0.4, -0.2) is 40.8 Å². The van der Waals surface area contributed by atoms with Crippen molar-refractivity contribution in [3.8, 4) is 11.1 Å². The van der Waals surface area contributed by atoms with Crippen molar-refractivity contribution in [2.24, 2.45) is 0 Å². The van der Waals surface area contributed by atoms with Crippen molar-refractivity contribution in [2.75, 3.05) is 13.2 Å². The summed E-state index contributed by atoms with van der Waals surface area (Å²) in [7, 11) is 0. The summed E-state index contributed by atoms with van der Waals surface area (Å²) in [5.41, 5.74) is 3.46. The zero-order valence-electron chi connectivity index (χ0n) is 13.9. The summed E-state index contributed by atoms with van der Waals surface area (Å²) in [6, 6.07) is 16.2. The molecule has 1 N–H and O–H groups in total. The molecule has 1 heterocycles. The Balaban J connectivity index is 1.54. The highest BCUT2D eigenvalue weighted by Crippen LogP contribution is 2.44. The van der Waals surface area contributed by atoms with E-state index in [9.17, 15) is 14.7 Å². The fourth-order valence-electron chi connectivity index (χ4n) is 3.75. The van der Waals surface area contributed by atoms with E-state index in [0.717, 1.165) is 11.1 Å². The summed E-state index contributed by atoms with van der Waals surface area (Å²) in [4.78, 5) is 25.0. The number of carboxylic acids is 1. The third-order valence-corrected chi connectivity index (χ3v) is 5.44. The Kier molecular flexibility index (Phi) is 3.53. The molecule has 1 fully saturated rings. The maximum atomic E-state index is 12.4. The van der Waals surface area contributed by atoms with E-state index in [2.05, 4.69) is 24.3 Å². The zero-order valence-corrected chi connectivity index (χ0v) is 13.9. The average Bonchev–Trinajstić information content (AvgIpc) is 2.92. The number of carbonyl (C=O) groups excluding carboxylic acids is 1. The molecule has 0 radical (unpaired) electrons. The third kappa shape index (κ3) is 2.30. The minimum atomic E-state index is -1.15. The van der Waals surface area contributed by atoms with E-state index < -0.39 is 17.6 Å². The van der Waals surface area contributed by atoms with Crippen LogP contribution in [-0.2, 0) is 9.53 Å². The molecule has 2 aromatic carbocycles. The summed E-state index contributed by atoms with van der Waals surface area (Å²) in [5.74, 6) is -1.01. The predicted molar refractivity (Wildman–Crippen MR) is 92.4 cm³/mol. The number of nitrogens with zero attached hydrogens (tertiary/aromatic N) is 1. The van der Waals surface area contributed by atoms with E-state index in [1.807, 2.05) is 24.3 Å². The minimum absolute atomic E-state index is 0.0197. The van der Waals surface area contributed by atoms with E-state index >= 15 is 0 Å². The molecule has 4 rings (SSSR count). The van der Waals surface area contributed by atoms with Gasteiger partial charge < -0.3 is 9.84 Å². The molecule has 1 aliphatic heterocycles. The molecule has 0 bridgehead atoms. The Bertz CT molecular complexity index is 817. The largest absolute Gasteiger partial charge is 0.480 e. The molecule has 2 aromatic rings. The zero-order chi connectivity index (χ0) is 17.6. The van der Waals surface area contributed by atoms with Gasteiger partial charge in [-0.3, -0.25) is 4.90 Å². The normalized spacial score (nSPS) is 21.2. The van der Waals surface area contributed by atoms with Gasteiger partial charge in [0.1, 0.15) is 12.1 Å². The molecule has 0 spiro atoms. The van der Waals surface area contributed by atoms with Crippen LogP contribution >= 0.6 is 0 Å². The number of ether oxygens (including phenoxy) is 1. The first-order chi connectivity index (χ1) is 12.0. The van der Waals surface area contributed by atoms with Gasteiger partial charge in [-0.05, 0) is 35.6 Å². The van der Waals surface area contributed by atoms with Crippen molar-refractivity contribution in [1.82, 2.24) is 4.90 Å². The van der Waals surface area contributed by atoms with Crippen molar-refractivity contribution in [1.29, 1.82) is 0 Å². The first-order valence-corrected chi connectivity index (χ1v) is 8.38. The molecule has 1 atom stereocenters. The highest BCUT2D eigenvalue weighted by molar-refractivity contribution is 5.86. The lowest BCUT2D eigenvalue weighted by Gasteiger charge is -2.46. The molecular weight excluding hydrogens is 318 g/mol. The van der Waals surface area contributed by atoms with Crippen molar-refractivity contribution >= 4 is 12.1 Å². The number of likely N-dealkylation sites (tertiary alicyclic amines) is 1. The van der Waals surface area contributed by atoms with Crippen molar-refractivity contribution in [3.63, 3.8) is 0 Å². The van der Waals surface area contributed by atoms with Gasteiger partial charge in [-0.1, -0.05) is 48.5 Å². The number of rotatable bonds is 3. The van der Waals surface area contributed by atoms with Crippen molar-refractivity contribution in [2.45, 2.75) is 24.8 Å². The van der Waals surface area contributed by atoms with E-state index in [0.29, 0.717) is 13.0 Å². The Morgan fingerprint density at radius 2 is 1.68 bits per heavy atom. The Morgan fingerprint density at radius 3 is 2.16 bits per heavy atom. The molecule has 5 heteroatoms. The van der Waals surface area contributed by atoms with Gasteiger partial charge in [0.25, 0.3) is 0 Å². The van der Waals surface area contributed by atoms with E-state index in [4.69, 9.17) is 4.74 Å². The molecule has 1 saturated heterocycles. The number of benzene rings is 2. The van der Waals surface area contributed by atoms with Crippen LogP contribution in [0, 0.1) is 0 Å². The van der Waals surface area contributed by atoms with E-state index in [1.165, 1.54) is 16.0 Å². The lowest BCUT2D eigenvalue weighted by Crippen LogP contribution is -2.64. The van der Waals surface area contributed by atoms with Crippen LogP contribution < -0.4 is 0 Å². The number of hydrogen-bond donors (Lipinski definition) is 1. The maximum Gasteiger partial charge on any atom is 0.410 e. The monoisotopic (exact) mass is 337 g/mol. The molecule has 0 saturated carbocycles. The topological polar surface area (TPSA) is 66.8 Å². The minimum Gasteiger partial charge on any atom is -0.480 e. The number of hydrogen-bond acceptors (Lipinski definition) is 3. The fourth-order valence-corrected chi connectivity index (χ4v) is 3.75. The van der Waals surface area contributed by atoms with E-state index in [1.54, 1.807) is 6.92 Å². The van der Waals surface area contributed by atoms with Gasteiger partial charge in [0, 0.05) is 12.5 Å². The molecule has 128 valence electrons. The first kappa shape index (κ1) is 15.7. The average molecular weight is 337 g/mol. The highest BCUT2D eigenvalue weighted by atomic mass is 16.6. The van der Waals surface area contributed by atoms with Gasteiger partial charge in [-0.15, -0.1) is 0 Å². The summed E-state index contributed by atoms with van der Waals surface area (Å²) in [5, 5.41) is 9.30. The van der Waals surface area contributed by atoms with Gasteiger partial charge >= 0.3 is 12.1 Å². The smallest absolute Gasteiger partial charge is 0.410 e. The van der Waals surface area contributed by atoms with Crippen LogP contribution in [0.2, 0.25) is 0 Å². The summed E-state index contributed by atoms with van der Waals surface area (Å²) < 4.78 is 5.51. The second-order valence-electron chi connectivity index (χ2n) is 6.78. The number of amides is 1. The van der Waals surface area contributed by atoms with Crippen LogP contribution in [0.1, 0.15) is 30.4 Å². The van der Waals surface area contributed by atoms with Crippen molar-refractivity contribution < 1.29 is 19.4 Å². The van der Waals surface area contributed by atoms with Gasteiger partial charge in [0.2, 0.25) is 0 Å². The van der Waals surface area contributed by atoms with Gasteiger partial charge in [-0.2, -0.15) is 0 Å². The molecule has 25 heavy (non-hydrogen) atoms. The van der Waals surface area contributed by atoms with Crippen LogP contribution in [0.25, 0.3) is 11.1 Å². The molecule has 1 aliphatic carbocycles. The van der Waals surface area contributed by atoms with Crippen LogP contribution in [0.5, 0.6) is 0 Å². The number of carboxylic acid groups (broad SMARTS) is 1. The fraction of sp³-hybridized carbons (Fsp3) is 0.300. The standard InChI is InChI=1S/C20H19NO4/c1-20(18(22)23)10-11-21(20)19(24)25-12-17-15-8-4-2-6-13(15)14-7-3-5-9-16(14)17/h2-9,17H,10-12H2,1H3,(H,22,23)/t20-/m0/s1. The Hall–Kier alpha value is -2.82. The third-order valence-electron chi connectivity index (χ3n) is 5.44. The second kappa shape index (κ2) is 5.62. The molecule has 1 amide bonds. The molecule has 0 unspecified atom stereocenters. The lowest BCUT2D eigenvalue weighted by atomic mass is 9.87. The first-order valence-electron chi connectivity index (χ1n) is 8.38. The summed E-state index contributed by atoms with van der Waals surface area (Å²) in [6.45, 7) is 2.18. The highest BCUT2D eigenvalue weighted by Gasteiger charge is 2.50. The molecule has 2 aliphatic rings. The van der Waals surface area contributed by atoms with Gasteiger partial charge in [0.05, 0.1) is 0 Å². The van der Waals surface area contributed by atoms with E-state index in [-0.39, 0.29) is 12.5 Å². The Labute approximate surface area is 145 Å². The Morgan fingerprint density at radius 1 is 1.12 bits per heavy atom. The second-order valence-corrected chi connectivity index (χ2v) is 6.78. The predicted octanol–water partition coefficient (Wildman–Crippen LogP) is 3.48. The molecule has 0 aromatic heterocycles. The number of aliphatic carboxylic acids is 1. The van der Waals surface area contributed by atoms with Gasteiger partial charge in [0.15, 0.2) is 0 Å². The summed E-state index contributed by atoms with van der Waals surface area (Å²) in [6.07, 6.45) is -0.106. The SMILES string of the molecule is C[C@@]1(C(=O)O)CCN1C(=O)OCC1c2ccccc2-c2ccccc21. The van der Waals surface area contributed by atoms with Crippen LogP contribution in [0.15, 0.2) is 48.5 Å². The molecular formula is C20H19NO4. The number of fused-ring (bicyclic) bond motifs is 3. The quantitative estimate of drug-likeness (QED) is 0.931.